The lowest BCUT2D eigenvalue weighted by molar-refractivity contribution is 0.0571. The van der Waals surface area contributed by atoms with Crippen LogP contribution in [0.1, 0.15) is 60.4 Å². The average molecular weight is 443 g/mol. The number of halogens is 1. The van der Waals surface area contributed by atoms with Crippen molar-refractivity contribution in [2.24, 2.45) is 0 Å². The minimum absolute atomic E-state index is 0.0127. The van der Waals surface area contributed by atoms with Crippen molar-refractivity contribution >= 4 is 21.6 Å². The van der Waals surface area contributed by atoms with Crippen molar-refractivity contribution in [2.45, 2.75) is 56.5 Å². The summed E-state index contributed by atoms with van der Waals surface area (Å²) in [7, 11) is -3.31. The normalized spacial score (nSPS) is 27.3. The third kappa shape index (κ3) is 3.84. The third-order valence-electron chi connectivity index (χ3n) is 7.04. The third-order valence-corrected chi connectivity index (χ3v) is 8.91. The molecule has 2 aromatic rings. The van der Waals surface area contributed by atoms with Gasteiger partial charge in [-0.25, -0.2) is 12.8 Å². The first kappa shape index (κ1) is 20.5. The number of carbonyl (C=O) groups is 1. The maximum absolute atomic E-state index is 13.5. The molecule has 5 nitrogen and oxygen atoms in total. The van der Waals surface area contributed by atoms with Crippen LogP contribution in [0.4, 0.5) is 10.1 Å². The number of hydrogen-bond donors (Lipinski definition) is 0. The highest BCUT2D eigenvalue weighted by molar-refractivity contribution is 7.92. The molecule has 3 saturated heterocycles. The Morgan fingerprint density at radius 3 is 2.35 bits per heavy atom. The molecule has 3 heterocycles. The summed E-state index contributed by atoms with van der Waals surface area (Å²) in [5.74, 6) is 0.259. The number of nitrogens with zero attached hydrogens (tertiary/aromatic N) is 2. The Hall–Kier alpha value is -2.41. The molecular weight excluding hydrogens is 415 g/mol. The number of piperidine rings is 1. The van der Waals surface area contributed by atoms with E-state index in [-0.39, 0.29) is 29.6 Å². The molecule has 0 spiro atoms. The zero-order valence-electron chi connectivity index (χ0n) is 17.4. The van der Waals surface area contributed by atoms with E-state index in [1.165, 1.54) is 16.4 Å². The van der Waals surface area contributed by atoms with Crippen molar-refractivity contribution in [2.75, 3.05) is 16.6 Å². The fraction of sp³-hybridized carbons (Fsp3) is 0.458. The average Bonchev–Trinajstić information content (AvgIpc) is 3.02. The smallest absolute Gasteiger partial charge is 0.254 e. The van der Waals surface area contributed by atoms with E-state index in [2.05, 4.69) is 0 Å². The van der Waals surface area contributed by atoms with Crippen molar-refractivity contribution in [3.8, 4) is 0 Å². The van der Waals surface area contributed by atoms with E-state index in [0.717, 1.165) is 37.7 Å². The van der Waals surface area contributed by atoms with Gasteiger partial charge in [-0.05, 0) is 80.3 Å². The van der Waals surface area contributed by atoms with Gasteiger partial charge in [-0.3, -0.25) is 9.10 Å². The number of carbonyl (C=O) groups excluding carboxylic acids is 1. The van der Waals surface area contributed by atoms with Crippen molar-refractivity contribution < 1.29 is 17.6 Å². The molecule has 5 rings (SSSR count). The minimum Gasteiger partial charge on any atom is -0.333 e. The predicted octanol–water partition coefficient (Wildman–Crippen LogP) is 4.31. The van der Waals surface area contributed by atoms with E-state index >= 15 is 0 Å². The minimum atomic E-state index is -3.31. The molecule has 0 aliphatic carbocycles. The summed E-state index contributed by atoms with van der Waals surface area (Å²) in [5, 5.41) is 0. The monoisotopic (exact) mass is 442 g/mol. The lowest BCUT2D eigenvalue weighted by Crippen LogP contribution is -2.46. The Morgan fingerprint density at radius 1 is 0.968 bits per heavy atom. The molecule has 2 bridgehead atoms. The fourth-order valence-electron chi connectivity index (χ4n) is 5.54. The summed E-state index contributed by atoms with van der Waals surface area (Å²) in [4.78, 5) is 15.5. The number of rotatable bonds is 3. The molecule has 3 aliphatic heterocycles. The second-order valence-corrected chi connectivity index (χ2v) is 11.0. The van der Waals surface area contributed by atoms with Crippen molar-refractivity contribution in [3.63, 3.8) is 0 Å². The summed E-state index contributed by atoms with van der Waals surface area (Å²) in [6.45, 7) is 0.467. The quantitative estimate of drug-likeness (QED) is 0.712. The summed E-state index contributed by atoms with van der Waals surface area (Å²) in [5.41, 5.74) is 2.28. The van der Waals surface area contributed by atoms with Crippen molar-refractivity contribution in [1.82, 2.24) is 4.90 Å². The maximum Gasteiger partial charge on any atom is 0.254 e. The Balaban J connectivity index is 1.36. The molecule has 2 aromatic carbocycles. The van der Waals surface area contributed by atoms with Gasteiger partial charge in [-0.15, -0.1) is 0 Å². The first-order chi connectivity index (χ1) is 14.9. The predicted molar refractivity (Wildman–Crippen MR) is 118 cm³/mol. The number of sulfonamides is 1. The topological polar surface area (TPSA) is 57.7 Å². The van der Waals surface area contributed by atoms with Crippen molar-refractivity contribution in [1.29, 1.82) is 0 Å². The highest BCUT2D eigenvalue weighted by Crippen LogP contribution is 2.43. The summed E-state index contributed by atoms with van der Waals surface area (Å²) in [6.07, 6.45) is 5.24. The molecule has 0 radical (unpaired) electrons. The lowest BCUT2D eigenvalue weighted by Gasteiger charge is -2.39. The molecule has 0 N–H and O–H groups in total. The van der Waals surface area contributed by atoms with Crippen LogP contribution in [0.25, 0.3) is 0 Å². The zero-order chi connectivity index (χ0) is 21.6. The van der Waals surface area contributed by atoms with Crippen LogP contribution in [0.5, 0.6) is 0 Å². The molecule has 7 heteroatoms. The van der Waals surface area contributed by atoms with Gasteiger partial charge in [-0.1, -0.05) is 18.2 Å². The molecule has 1 unspecified atom stereocenters. The number of anilines is 1. The van der Waals surface area contributed by atoms with Crippen LogP contribution < -0.4 is 4.31 Å². The van der Waals surface area contributed by atoms with Gasteiger partial charge in [0.15, 0.2) is 0 Å². The van der Waals surface area contributed by atoms with Crippen LogP contribution >= 0.6 is 0 Å². The van der Waals surface area contributed by atoms with Gasteiger partial charge < -0.3 is 4.90 Å². The van der Waals surface area contributed by atoms with Gasteiger partial charge in [0.05, 0.1) is 11.4 Å². The Morgan fingerprint density at radius 2 is 1.68 bits per heavy atom. The summed E-state index contributed by atoms with van der Waals surface area (Å²) >= 11 is 0. The van der Waals surface area contributed by atoms with Crippen LogP contribution in [0, 0.1) is 5.82 Å². The number of benzene rings is 2. The van der Waals surface area contributed by atoms with Gasteiger partial charge in [-0.2, -0.15) is 0 Å². The van der Waals surface area contributed by atoms with Gasteiger partial charge in [0.1, 0.15) is 5.82 Å². The van der Waals surface area contributed by atoms with Crippen LogP contribution in [0.2, 0.25) is 0 Å². The van der Waals surface area contributed by atoms with Gasteiger partial charge in [0.2, 0.25) is 10.0 Å². The molecule has 3 aliphatic rings. The summed E-state index contributed by atoms with van der Waals surface area (Å²) in [6, 6.07) is 14.1. The van der Waals surface area contributed by atoms with E-state index < -0.39 is 10.0 Å². The standard InChI is InChI=1S/C24H27FN2O3S/c25-20-8-6-17(7-9-20)19-15-22-10-11-23(16-19)27(22)24(28)18-4-3-5-21(14-18)26-12-1-2-13-31(26,29)30/h3-9,14,19,22-23H,1-2,10-13,15-16H2/t19?,22-,23+. The molecule has 3 fully saturated rings. The molecule has 0 aromatic heterocycles. The molecule has 31 heavy (non-hydrogen) atoms. The number of hydrogen-bond acceptors (Lipinski definition) is 3. The Kier molecular flexibility index (Phi) is 5.24. The molecule has 1 amide bonds. The second-order valence-electron chi connectivity index (χ2n) is 8.96. The molecule has 0 saturated carbocycles. The van der Waals surface area contributed by atoms with Gasteiger partial charge in [0, 0.05) is 24.2 Å². The zero-order valence-corrected chi connectivity index (χ0v) is 18.2. The van der Waals surface area contributed by atoms with E-state index in [0.29, 0.717) is 30.1 Å². The van der Waals surface area contributed by atoms with Gasteiger partial charge in [0.25, 0.3) is 5.91 Å². The van der Waals surface area contributed by atoms with E-state index in [4.69, 9.17) is 0 Å². The van der Waals surface area contributed by atoms with Crippen LogP contribution in [0.3, 0.4) is 0 Å². The van der Waals surface area contributed by atoms with E-state index in [1.807, 2.05) is 17.0 Å². The highest BCUT2D eigenvalue weighted by atomic mass is 32.2. The van der Waals surface area contributed by atoms with Crippen LogP contribution in [0.15, 0.2) is 48.5 Å². The molecular formula is C24H27FN2O3S. The highest BCUT2D eigenvalue weighted by Gasteiger charge is 2.43. The SMILES string of the molecule is O=C(c1cccc(N2CCCCS2(=O)=O)c1)N1[C@@H]2CC[C@H]1CC(c1ccc(F)cc1)C2. The van der Waals surface area contributed by atoms with Crippen molar-refractivity contribution in [3.05, 3.63) is 65.5 Å². The second kappa shape index (κ2) is 7.93. The first-order valence-electron chi connectivity index (χ1n) is 11.1. The first-order valence-corrected chi connectivity index (χ1v) is 12.7. The maximum atomic E-state index is 13.5. The fourth-order valence-corrected chi connectivity index (χ4v) is 7.17. The Labute approximate surface area is 182 Å². The van der Waals surface area contributed by atoms with Crippen LogP contribution in [-0.2, 0) is 10.0 Å². The van der Waals surface area contributed by atoms with E-state index in [9.17, 15) is 17.6 Å². The summed E-state index contributed by atoms with van der Waals surface area (Å²) < 4.78 is 39.7. The van der Waals surface area contributed by atoms with E-state index in [1.54, 1.807) is 24.3 Å². The largest absolute Gasteiger partial charge is 0.333 e. The lowest BCUT2D eigenvalue weighted by atomic mass is 9.85. The number of amides is 1. The number of fused-ring (bicyclic) bond motifs is 2. The van der Waals surface area contributed by atoms with Crippen LogP contribution in [-0.4, -0.2) is 43.6 Å². The van der Waals surface area contributed by atoms with Gasteiger partial charge >= 0.3 is 0 Å². The molecule has 164 valence electrons. The Bertz CT molecular complexity index is 1070. The molecule has 3 atom stereocenters.